The average Bonchev–Trinajstić information content (AvgIpc) is 3.36. The van der Waals surface area contributed by atoms with E-state index in [9.17, 15) is 35.9 Å². The van der Waals surface area contributed by atoms with E-state index in [0.29, 0.717) is 56.1 Å². The molecule has 0 fully saturated rings. The summed E-state index contributed by atoms with van der Waals surface area (Å²) in [7, 11) is 0. The highest BCUT2D eigenvalue weighted by molar-refractivity contribution is 9.10. The van der Waals surface area contributed by atoms with Crippen molar-refractivity contribution in [1.82, 2.24) is 0 Å². The number of phenolic OH excluding ortho intramolecular Hbond substituents is 1. The van der Waals surface area contributed by atoms with Crippen LogP contribution in [-0.4, -0.2) is 42.0 Å². The molecule has 0 radical (unpaired) electrons. The van der Waals surface area contributed by atoms with Gasteiger partial charge in [-0.3, -0.25) is 0 Å². The number of carboxylic acid groups (broad SMARTS) is 1. The first-order valence-corrected chi connectivity index (χ1v) is 21.6. The smallest absolute Gasteiger partial charge is 0.343 e. The number of benzene rings is 5. The topological polar surface area (TPSA) is 112 Å². The molecule has 2 N–H and O–H groups in total. The van der Waals surface area contributed by atoms with E-state index >= 15 is 0 Å². The number of rotatable bonds is 9. The van der Waals surface area contributed by atoms with Crippen LogP contribution in [0.2, 0.25) is 0 Å². The summed E-state index contributed by atoms with van der Waals surface area (Å²) in [5.74, 6) is -11.6. The first-order chi connectivity index (χ1) is 32.6. The molecule has 0 spiro atoms. The van der Waals surface area contributed by atoms with Crippen LogP contribution in [0.4, 0.5) is 26.3 Å². The number of carboxylic acids is 1. The highest BCUT2D eigenvalue weighted by Crippen LogP contribution is 2.30. The van der Waals surface area contributed by atoms with Crippen molar-refractivity contribution in [2.45, 2.75) is 37.6 Å². The maximum Gasteiger partial charge on any atom is 0.343 e. The molecule has 8 nitrogen and oxygen atoms in total. The number of carbonyl (C=O) groups excluding carboxylic acids is 1. The number of hydrogen-bond acceptors (Lipinski definition) is 7. The van der Waals surface area contributed by atoms with Gasteiger partial charge in [0.15, 0.2) is 34.9 Å². The molecule has 3 aliphatic heterocycles. The fourth-order valence-corrected chi connectivity index (χ4v) is 6.79. The zero-order chi connectivity index (χ0) is 49.3. The molecule has 15 heteroatoms. The molecule has 3 aliphatic rings. The Morgan fingerprint density at radius 3 is 1.22 bits per heavy atom. The second-order valence-electron chi connectivity index (χ2n) is 15.0. The van der Waals surface area contributed by atoms with Crippen molar-refractivity contribution in [2.24, 2.45) is 0 Å². The first-order valence-electron chi connectivity index (χ1n) is 20.8. The molecule has 0 bridgehead atoms. The van der Waals surface area contributed by atoms with Crippen molar-refractivity contribution in [3.05, 3.63) is 237 Å². The molecule has 5 aromatic carbocycles. The van der Waals surface area contributed by atoms with Crippen molar-refractivity contribution in [3.63, 3.8) is 0 Å². The number of phenols is 1. The minimum atomic E-state index is -1.62. The van der Waals surface area contributed by atoms with E-state index in [1.165, 1.54) is 23.3 Å². The van der Waals surface area contributed by atoms with Gasteiger partial charge in [0.2, 0.25) is 0 Å². The summed E-state index contributed by atoms with van der Waals surface area (Å²) in [5, 5.41) is 17.3. The van der Waals surface area contributed by atoms with Crippen LogP contribution < -0.4 is 4.74 Å². The van der Waals surface area contributed by atoms with Crippen LogP contribution in [0.3, 0.4) is 0 Å². The molecule has 8 rings (SSSR count). The van der Waals surface area contributed by atoms with E-state index in [1.807, 2.05) is 24.3 Å². The fourth-order valence-electron chi connectivity index (χ4n) is 6.52. The van der Waals surface area contributed by atoms with E-state index in [-0.39, 0.29) is 23.9 Å². The van der Waals surface area contributed by atoms with Gasteiger partial charge in [0.05, 0.1) is 49.3 Å². The van der Waals surface area contributed by atoms with E-state index in [2.05, 4.69) is 60.0 Å². The predicted molar refractivity (Wildman–Crippen MR) is 248 cm³/mol. The van der Waals surface area contributed by atoms with Gasteiger partial charge in [0.1, 0.15) is 11.5 Å². The van der Waals surface area contributed by atoms with Gasteiger partial charge in [-0.2, -0.15) is 0 Å². The minimum Gasteiger partial charge on any atom is -0.508 e. The minimum absolute atomic E-state index is 0.0153. The van der Waals surface area contributed by atoms with Gasteiger partial charge in [0.25, 0.3) is 0 Å². The van der Waals surface area contributed by atoms with E-state index in [1.54, 1.807) is 48.6 Å². The second-order valence-corrected chi connectivity index (χ2v) is 15.9. The molecule has 3 atom stereocenters. The molecule has 0 amide bonds. The number of aromatic carboxylic acids is 1. The Morgan fingerprint density at radius 1 is 0.559 bits per heavy atom. The van der Waals surface area contributed by atoms with Gasteiger partial charge in [-0.15, -0.1) is 0 Å². The Morgan fingerprint density at radius 2 is 0.897 bits per heavy atom. The fraction of sp³-hybridized carbons (Fsp3) is 0.170. The maximum atomic E-state index is 13.2. The molecule has 3 unspecified atom stereocenters. The van der Waals surface area contributed by atoms with Gasteiger partial charge in [-0.1, -0.05) is 109 Å². The van der Waals surface area contributed by atoms with Gasteiger partial charge in [-0.05, 0) is 89.1 Å². The molecule has 0 aromatic heterocycles. The highest BCUT2D eigenvalue weighted by Gasteiger charge is 2.20. The van der Waals surface area contributed by atoms with Gasteiger partial charge in [0, 0.05) is 28.7 Å². The Hall–Kier alpha value is -6.78. The summed E-state index contributed by atoms with van der Waals surface area (Å²) in [6, 6.07) is 23.8. The Balaban J connectivity index is 0.000000179. The zero-order valence-electron chi connectivity index (χ0n) is 36.3. The number of carbonyl (C=O) groups is 2. The summed E-state index contributed by atoms with van der Waals surface area (Å²) in [6.45, 7) is 12.8. The Kier molecular flexibility index (Phi) is 19.5. The summed E-state index contributed by atoms with van der Waals surface area (Å²) >= 11 is 3.42. The maximum absolute atomic E-state index is 13.2. The second kappa shape index (κ2) is 25.4. The average molecular weight is 1000 g/mol. The van der Waals surface area contributed by atoms with Crippen LogP contribution in [0.25, 0.3) is 0 Å². The molecular formula is C53H45BrF6O8. The monoisotopic (exact) mass is 1000 g/mol. The number of aromatic hydroxyl groups is 1. The van der Waals surface area contributed by atoms with Crippen molar-refractivity contribution < 1.29 is 65.1 Å². The van der Waals surface area contributed by atoms with Crippen LogP contribution >= 0.6 is 15.9 Å². The Labute approximate surface area is 397 Å². The number of esters is 1. The third-order valence-corrected chi connectivity index (χ3v) is 10.9. The largest absolute Gasteiger partial charge is 0.508 e. The summed E-state index contributed by atoms with van der Waals surface area (Å²) in [6.07, 6.45) is 14.3. The van der Waals surface area contributed by atoms with E-state index < -0.39 is 58.3 Å². The number of ether oxygens (including phenoxy) is 4. The molecular weight excluding hydrogens is 958 g/mol. The SMILES string of the molecule is C=CC1=CCC(c2ccc(Br)cc2)OC1.C=CC1=CCC(c2ccc(C(=O)O)cc2)OC1.C=CC1=CCC(c2ccc(C(=O)Oc3cc(F)c(F)c(F)c3)cc2)OC1.Oc1cc(F)c(F)c(F)c1. The van der Waals surface area contributed by atoms with Crippen LogP contribution in [0.1, 0.15) is 75.0 Å². The first kappa shape index (κ1) is 52.2. The van der Waals surface area contributed by atoms with Crippen LogP contribution in [-0.2, 0) is 14.2 Å². The number of halogens is 7. The predicted octanol–water partition coefficient (Wildman–Crippen LogP) is 13.7. The highest BCUT2D eigenvalue weighted by atomic mass is 79.9. The van der Waals surface area contributed by atoms with Crippen molar-refractivity contribution in [1.29, 1.82) is 0 Å². The van der Waals surface area contributed by atoms with Crippen molar-refractivity contribution in [2.75, 3.05) is 19.8 Å². The van der Waals surface area contributed by atoms with Crippen molar-refractivity contribution >= 4 is 27.9 Å². The molecule has 0 saturated heterocycles. The quantitative estimate of drug-likeness (QED) is 0.0650. The summed E-state index contributed by atoms with van der Waals surface area (Å²) in [4.78, 5) is 22.8. The third kappa shape index (κ3) is 15.1. The Bertz CT molecular complexity index is 2640. The van der Waals surface area contributed by atoms with Gasteiger partial charge >= 0.3 is 11.9 Å². The lowest BCUT2D eigenvalue weighted by Crippen LogP contribution is -2.12. The lowest BCUT2D eigenvalue weighted by Gasteiger charge is -2.22. The zero-order valence-corrected chi connectivity index (χ0v) is 37.9. The van der Waals surface area contributed by atoms with Crippen molar-refractivity contribution in [3.8, 4) is 11.5 Å². The van der Waals surface area contributed by atoms with Crippen LogP contribution in [0.5, 0.6) is 11.5 Å². The molecule has 68 heavy (non-hydrogen) atoms. The molecule has 5 aromatic rings. The van der Waals surface area contributed by atoms with Crippen LogP contribution in [0, 0.1) is 34.9 Å². The van der Waals surface area contributed by atoms with E-state index in [0.717, 1.165) is 39.6 Å². The summed E-state index contributed by atoms with van der Waals surface area (Å²) < 4.78 is 98.6. The lowest BCUT2D eigenvalue weighted by atomic mass is 10.0. The molecule has 0 saturated carbocycles. The van der Waals surface area contributed by atoms with Crippen LogP contribution in [0.15, 0.2) is 174 Å². The summed E-state index contributed by atoms with van der Waals surface area (Å²) in [5.41, 5.74) is 6.93. The standard InChI is InChI=1S/C20H15F3O3.C14H14O3.C13H13BrO.C6H3F3O/c1-2-12-3-8-18(25-11-12)13-4-6-14(7-5-13)20(24)26-15-9-16(21)19(23)17(22)10-15;1-2-10-3-8-13(17-9-10)11-4-6-12(7-5-11)14(15)16;1-2-10-3-8-13(15-9-10)11-4-6-12(14)7-5-11;7-4-1-3(10)2-5(8)6(4)9/h2-7,9-10,18H,1,8,11H2;2-7,13H,1,8-9H2,(H,15,16);2-7,13H,1,8-9H2;1-2,10H. The van der Waals surface area contributed by atoms with Gasteiger partial charge < -0.3 is 29.2 Å². The number of hydrogen-bond donors (Lipinski definition) is 2. The molecule has 354 valence electrons. The molecule has 0 aliphatic carbocycles. The normalized spacial score (nSPS) is 17.3. The lowest BCUT2D eigenvalue weighted by molar-refractivity contribution is 0.0632. The molecule has 3 heterocycles. The van der Waals surface area contributed by atoms with Gasteiger partial charge in [-0.25, -0.2) is 35.9 Å². The third-order valence-electron chi connectivity index (χ3n) is 10.3. The van der Waals surface area contributed by atoms with E-state index in [4.69, 9.17) is 29.2 Å².